The summed E-state index contributed by atoms with van der Waals surface area (Å²) < 4.78 is 5.59. The van der Waals surface area contributed by atoms with Gasteiger partial charge in [0.25, 0.3) is 0 Å². The molecule has 1 aliphatic carbocycles. The highest BCUT2D eigenvalue weighted by molar-refractivity contribution is 7.12. The quantitative estimate of drug-likeness (QED) is 0.692. The van der Waals surface area contributed by atoms with Gasteiger partial charge in [-0.05, 0) is 39.0 Å². The monoisotopic (exact) mass is 358 g/mol. The van der Waals surface area contributed by atoms with Crippen molar-refractivity contribution in [3.05, 3.63) is 39.7 Å². The number of rotatable bonds is 9. The Morgan fingerprint density at radius 1 is 1.28 bits per heavy atom. The lowest BCUT2D eigenvalue weighted by Crippen LogP contribution is -2.26. The van der Waals surface area contributed by atoms with E-state index in [1.54, 1.807) is 11.3 Å². The van der Waals surface area contributed by atoms with Gasteiger partial charge in [-0.25, -0.2) is 4.98 Å². The van der Waals surface area contributed by atoms with Crippen LogP contribution in [0.4, 0.5) is 0 Å². The Bertz CT molecular complexity index is 705. The summed E-state index contributed by atoms with van der Waals surface area (Å²) in [4.78, 5) is 17.9. The number of hydrogen-bond acceptors (Lipinski definition) is 4. The average molecular weight is 359 g/mol. The molecule has 3 rings (SSSR count). The van der Waals surface area contributed by atoms with Gasteiger partial charge in [0, 0.05) is 30.2 Å². The summed E-state index contributed by atoms with van der Waals surface area (Å²) in [6, 6.07) is 8.30. The molecule has 0 unspecified atom stereocenters. The Balaban J connectivity index is 1.48. The van der Waals surface area contributed by atoms with E-state index in [9.17, 15) is 4.79 Å². The van der Waals surface area contributed by atoms with Crippen LogP contribution in [0.5, 0.6) is 0 Å². The maximum Gasteiger partial charge on any atom is 0.225 e. The lowest BCUT2D eigenvalue weighted by molar-refractivity contribution is -0.120. The largest absolute Gasteiger partial charge is 0.381 e. The van der Waals surface area contributed by atoms with Crippen LogP contribution in [0.15, 0.2) is 24.3 Å². The van der Waals surface area contributed by atoms with Crippen molar-refractivity contribution in [2.45, 2.75) is 39.5 Å². The second-order valence-corrected chi connectivity index (χ2v) is 8.06. The lowest BCUT2D eigenvalue weighted by atomic mass is 10.1. The number of thiazole rings is 1. The Kier molecular flexibility index (Phi) is 6.21. The van der Waals surface area contributed by atoms with E-state index in [0.29, 0.717) is 13.0 Å². The molecule has 134 valence electrons. The van der Waals surface area contributed by atoms with Crippen LogP contribution in [0, 0.1) is 19.8 Å². The van der Waals surface area contributed by atoms with Crippen molar-refractivity contribution in [1.82, 2.24) is 10.3 Å². The fourth-order valence-electron chi connectivity index (χ4n) is 2.67. The molecule has 1 aromatic carbocycles. The SMILES string of the molecule is Cc1ccc(-c2nc(C)sc2CC(=O)NCCCOCC2CC2)cc1. The molecule has 0 bridgehead atoms. The van der Waals surface area contributed by atoms with Gasteiger partial charge in [-0.15, -0.1) is 11.3 Å². The topological polar surface area (TPSA) is 51.2 Å². The molecule has 1 saturated carbocycles. The maximum absolute atomic E-state index is 12.2. The first-order valence-electron chi connectivity index (χ1n) is 8.99. The molecular formula is C20H26N2O2S. The molecule has 0 spiro atoms. The zero-order valence-corrected chi connectivity index (χ0v) is 15.8. The molecule has 25 heavy (non-hydrogen) atoms. The highest BCUT2D eigenvalue weighted by Gasteiger charge is 2.20. The minimum absolute atomic E-state index is 0.0548. The van der Waals surface area contributed by atoms with E-state index in [4.69, 9.17) is 4.74 Å². The third kappa shape index (κ3) is 5.65. The number of amides is 1. The van der Waals surface area contributed by atoms with Crippen LogP contribution >= 0.6 is 11.3 Å². The maximum atomic E-state index is 12.2. The molecule has 1 amide bonds. The van der Waals surface area contributed by atoms with E-state index < -0.39 is 0 Å². The first-order chi connectivity index (χ1) is 12.1. The number of hydrogen-bond donors (Lipinski definition) is 1. The van der Waals surface area contributed by atoms with Crippen molar-refractivity contribution in [3.63, 3.8) is 0 Å². The Labute approximate surface area is 153 Å². The van der Waals surface area contributed by atoms with E-state index in [-0.39, 0.29) is 5.91 Å². The van der Waals surface area contributed by atoms with E-state index >= 15 is 0 Å². The molecule has 1 N–H and O–H groups in total. The first-order valence-corrected chi connectivity index (χ1v) is 9.81. The van der Waals surface area contributed by atoms with Gasteiger partial charge in [0.2, 0.25) is 5.91 Å². The lowest BCUT2D eigenvalue weighted by Gasteiger charge is -2.06. The van der Waals surface area contributed by atoms with Gasteiger partial charge < -0.3 is 10.1 Å². The summed E-state index contributed by atoms with van der Waals surface area (Å²) in [6.45, 7) is 6.33. The number of aryl methyl sites for hydroxylation is 2. The fraction of sp³-hybridized carbons (Fsp3) is 0.500. The molecule has 0 atom stereocenters. The number of carbonyl (C=O) groups excluding carboxylic acids is 1. The number of benzene rings is 1. The number of nitrogens with zero attached hydrogens (tertiary/aromatic N) is 1. The summed E-state index contributed by atoms with van der Waals surface area (Å²) in [7, 11) is 0. The number of aromatic nitrogens is 1. The highest BCUT2D eigenvalue weighted by atomic mass is 32.1. The van der Waals surface area contributed by atoms with Crippen molar-refractivity contribution < 1.29 is 9.53 Å². The molecule has 1 heterocycles. The third-order valence-electron chi connectivity index (χ3n) is 4.29. The van der Waals surface area contributed by atoms with Gasteiger partial charge in [-0.3, -0.25) is 4.79 Å². The van der Waals surface area contributed by atoms with Gasteiger partial charge >= 0.3 is 0 Å². The number of nitrogens with one attached hydrogen (secondary N) is 1. The predicted octanol–water partition coefficient (Wildman–Crippen LogP) is 3.90. The van der Waals surface area contributed by atoms with Crippen molar-refractivity contribution in [1.29, 1.82) is 0 Å². The molecule has 1 aromatic heterocycles. The summed E-state index contributed by atoms with van der Waals surface area (Å²) in [5.41, 5.74) is 3.23. The molecule has 0 radical (unpaired) electrons. The van der Waals surface area contributed by atoms with Gasteiger partial charge in [-0.1, -0.05) is 29.8 Å². The van der Waals surface area contributed by atoms with Gasteiger partial charge in [-0.2, -0.15) is 0 Å². The zero-order valence-electron chi connectivity index (χ0n) is 15.0. The first kappa shape index (κ1) is 18.1. The normalized spacial score (nSPS) is 13.8. The molecule has 0 aliphatic heterocycles. The Hall–Kier alpha value is -1.72. The van der Waals surface area contributed by atoms with Gasteiger partial charge in [0.1, 0.15) is 0 Å². The van der Waals surface area contributed by atoms with Crippen molar-refractivity contribution in [2.24, 2.45) is 5.92 Å². The van der Waals surface area contributed by atoms with Crippen molar-refractivity contribution >= 4 is 17.2 Å². The molecule has 0 saturated heterocycles. The summed E-state index contributed by atoms with van der Waals surface area (Å²) in [6.07, 6.45) is 3.88. The summed E-state index contributed by atoms with van der Waals surface area (Å²) >= 11 is 1.60. The van der Waals surface area contributed by atoms with Crippen LogP contribution < -0.4 is 5.32 Å². The summed E-state index contributed by atoms with van der Waals surface area (Å²) in [5, 5.41) is 3.98. The van der Waals surface area contributed by atoms with Crippen LogP contribution in [0.3, 0.4) is 0 Å². The Morgan fingerprint density at radius 3 is 2.76 bits per heavy atom. The van der Waals surface area contributed by atoms with Crippen molar-refractivity contribution in [3.8, 4) is 11.3 Å². The zero-order chi connectivity index (χ0) is 17.6. The molecule has 5 heteroatoms. The second-order valence-electron chi connectivity index (χ2n) is 6.77. The van der Waals surface area contributed by atoms with Crippen LogP contribution in [0.25, 0.3) is 11.3 Å². The predicted molar refractivity (Wildman–Crippen MR) is 102 cm³/mol. The molecular weight excluding hydrogens is 332 g/mol. The van der Waals surface area contributed by atoms with Crippen LogP contribution in [0.1, 0.15) is 34.7 Å². The average Bonchev–Trinajstić information content (AvgIpc) is 3.34. The van der Waals surface area contributed by atoms with Crippen LogP contribution in [-0.2, 0) is 16.0 Å². The van der Waals surface area contributed by atoms with Crippen LogP contribution in [0.2, 0.25) is 0 Å². The number of ether oxygens (including phenoxy) is 1. The molecule has 4 nitrogen and oxygen atoms in total. The minimum atomic E-state index is 0.0548. The molecule has 1 fully saturated rings. The third-order valence-corrected chi connectivity index (χ3v) is 5.26. The van der Waals surface area contributed by atoms with E-state index in [1.807, 2.05) is 6.92 Å². The Morgan fingerprint density at radius 2 is 2.04 bits per heavy atom. The second kappa shape index (κ2) is 8.59. The van der Waals surface area contributed by atoms with Gasteiger partial charge in [0.15, 0.2) is 0 Å². The van der Waals surface area contributed by atoms with Crippen LogP contribution in [-0.4, -0.2) is 30.6 Å². The molecule has 1 aliphatic rings. The number of carbonyl (C=O) groups is 1. The standard InChI is InChI=1S/C20H26N2O2S/c1-14-4-8-17(9-5-14)20-18(25-15(2)22-20)12-19(23)21-10-3-11-24-13-16-6-7-16/h4-5,8-9,16H,3,6-7,10-13H2,1-2H3,(H,21,23). The highest BCUT2D eigenvalue weighted by Crippen LogP contribution is 2.29. The van der Waals surface area contributed by atoms with E-state index in [2.05, 4.69) is 41.5 Å². The van der Waals surface area contributed by atoms with E-state index in [0.717, 1.165) is 46.7 Å². The molecule has 2 aromatic rings. The van der Waals surface area contributed by atoms with E-state index in [1.165, 1.54) is 18.4 Å². The summed E-state index contributed by atoms with van der Waals surface area (Å²) in [5.74, 6) is 0.851. The van der Waals surface area contributed by atoms with Gasteiger partial charge in [0.05, 0.1) is 17.1 Å². The smallest absolute Gasteiger partial charge is 0.225 e. The fourth-order valence-corrected chi connectivity index (χ4v) is 3.63. The van der Waals surface area contributed by atoms with Crippen molar-refractivity contribution in [2.75, 3.05) is 19.8 Å². The minimum Gasteiger partial charge on any atom is -0.381 e.